The molecule has 0 fully saturated rings. The summed E-state index contributed by atoms with van der Waals surface area (Å²) < 4.78 is 1.98. The van der Waals surface area contributed by atoms with Crippen molar-refractivity contribution >= 4 is 11.6 Å². The second kappa shape index (κ2) is 5.09. The van der Waals surface area contributed by atoms with Gasteiger partial charge in [-0.05, 0) is 25.1 Å². The van der Waals surface area contributed by atoms with Crippen LogP contribution in [0.2, 0.25) is 5.02 Å². The molecule has 0 radical (unpaired) electrons. The van der Waals surface area contributed by atoms with Crippen molar-refractivity contribution in [1.29, 1.82) is 0 Å². The van der Waals surface area contributed by atoms with E-state index in [2.05, 4.69) is 10.2 Å². The molecule has 0 unspecified atom stereocenters. The van der Waals surface area contributed by atoms with E-state index in [1.54, 1.807) is 6.33 Å². The maximum Gasteiger partial charge on any atom is 0.163 e. The molecule has 1 aromatic heterocycles. The summed E-state index contributed by atoms with van der Waals surface area (Å²) in [6.07, 6.45) is 2.62. The largest absolute Gasteiger partial charge is 0.330 e. The van der Waals surface area contributed by atoms with E-state index in [-0.39, 0.29) is 0 Å². The Morgan fingerprint density at radius 1 is 1.38 bits per heavy atom. The van der Waals surface area contributed by atoms with Crippen molar-refractivity contribution in [1.82, 2.24) is 14.8 Å². The van der Waals surface area contributed by atoms with Gasteiger partial charge >= 0.3 is 0 Å². The highest BCUT2D eigenvalue weighted by Gasteiger charge is 2.06. The molecule has 0 saturated heterocycles. The van der Waals surface area contributed by atoms with Crippen LogP contribution in [0.1, 0.15) is 6.42 Å². The van der Waals surface area contributed by atoms with Gasteiger partial charge in [-0.3, -0.25) is 0 Å². The van der Waals surface area contributed by atoms with Crippen molar-refractivity contribution in [2.45, 2.75) is 13.0 Å². The van der Waals surface area contributed by atoms with E-state index >= 15 is 0 Å². The number of aryl methyl sites for hydroxylation is 1. The van der Waals surface area contributed by atoms with E-state index in [4.69, 9.17) is 17.3 Å². The number of nitrogens with zero attached hydrogens (tertiary/aromatic N) is 3. The van der Waals surface area contributed by atoms with Gasteiger partial charge in [0.05, 0.1) is 0 Å². The highest BCUT2D eigenvalue weighted by molar-refractivity contribution is 6.30. The molecular weight excluding hydrogens is 224 g/mol. The predicted octanol–water partition coefficient (Wildman–Crippen LogP) is 1.95. The third-order valence-corrected chi connectivity index (χ3v) is 2.54. The second-order valence-corrected chi connectivity index (χ2v) is 3.94. The van der Waals surface area contributed by atoms with Crippen LogP contribution in [-0.2, 0) is 6.54 Å². The molecular formula is C11H13ClN4. The molecule has 4 nitrogen and oxygen atoms in total. The first-order valence-corrected chi connectivity index (χ1v) is 5.53. The Hall–Kier alpha value is -1.39. The summed E-state index contributed by atoms with van der Waals surface area (Å²) >= 11 is 5.94. The minimum Gasteiger partial charge on any atom is -0.330 e. The average molecular weight is 237 g/mol. The van der Waals surface area contributed by atoms with Crippen LogP contribution >= 0.6 is 11.6 Å². The summed E-state index contributed by atoms with van der Waals surface area (Å²) in [7, 11) is 0. The fourth-order valence-electron chi connectivity index (χ4n) is 1.53. The number of benzene rings is 1. The molecule has 0 aliphatic heterocycles. The zero-order valence-electron chi connectivity index (χ0n) is 8.81. The lowest BCUT2D eigenvalue weighted by molar-refractivity contribution is 0.654. The first-order chi connectivity index (χ1) is 7.81. The minimum absolute atomic E-state index is 0.660. The van der Waals surface area contributed by atoms with Crippen LogP contribution in [0.4, 0.5) is 0 Å². The van der Waals surface area contributed by atoms with Gasteiger partial charge in [0.25, 0.3) is 0 Å². The summed E-state index contributed by atoms with van der Waals surface area (Å²) in [5.74, 6) is 0.830. The second-order valence-electron chi connectivity index (χ2n) is 3.50. The Bertz CT molecular complexity index is 467. The zero-order valence-corrected chi connectivity index (χ0v) is 9.56. The number of halogens is 1. The molecule has 0 bridgehead atoms. The molecule has 0 aliphatic rings. The minimum atomic E-state index is 0.660. The van der Waals surface area contributed by atoms with Gasteiger partial charge < -0.3 is 10.3 Å². The summed E-state index contributed by atoms with van der Waals surface area (Å²) in [4.78, 5) is 0. The van der Waals surface area contributed by atoms with Crippen LogP contribution in [0.15, 0.2) is 30.6 Å². The van der Waals surface area contributed by atoms with Crippen molar-refractivity contribution in [3.63, 3.8) is 0 Å². The smallest absolute Gasteiger partial charge is 0.163 e. The van der Waals surface area contributed by atoms with Crippen LogP contribution in [0, 0.1) is 0 Å². The standard InChI is InChI=1S/C11H13ClN4/c12-10-4-1-3-9(7-10)11-15-14-8-16(11)6-2-5-13/h1,3-4,7-8H,2,5-6,13H2. The van der Waals surface area contributed by atoms with Crippen molar-refractivity contribution in [3.05, 3.63) is 35.6 Å². The quantitative estimate of drug-likeness (QED) is 0.883. The van der Waals surface area contributed by atoms with Crippen LogP contribution in [0.5, 0.6) is 0 Å². The van der Waals surface area contributed by atoms with Crippen molar-refractivity contribution < 1.29 is 0 Å². The van der Waals surface area contributed by atoms with Gasteiger partial charge in [-0.1, -0.05) is 23.7 Å². The molecule has 5 heteroatoms. The molecule has 2 N–H and O–H groups in total. The number of hydrogen-bond acceptors (Lipinski definition) is 3. The molecule has 0 atom stereocenters. The Morgan fingerprint density at radius 3 is 3.00 bits per heavy atom. The molecule has 2 rings (SSSR count). The van der Waals surface area contributed by atoms with E-state index in [9.17, 15) is 0 Å². The molecule has 1 aromatic carbocycles. The molecule has 2 aromatic rings. The highest BCUT2D eigenvalue weighted by atomic mass is 35.5. The molecule has 84 valence electrons. The molecule has 16 heavy (non-hydrogen) atoms. The summed E-state index contributed by atoms with van der Waals surface area (Å²) in [5.41, 5.74) is 6.46. The molecule has 1 heterocycles. The Morgan fingerprint density at radius 2 is 2.25 bits per heavy atom. The van der Waals surface area contributed by atoms with E-state index in [0.29, 0.717) is 11.6 Å². The van der Waals surface area contributed by atoms with Crippen molar-refractivity contribution in [2.75, 3.05) is 6.54 Å². The third kappa shape index (κ3) is 2.40. The lowest BCUT2D eigenvalue weighted by Gasteiger charge is -2.05. The van der Waals surface area contributed by atoms with Gasteiger partial charge in [-0.15, -0.1) is 10.2 Å². The summed E-state index contributed by atoms with van der Waals surface area (Å²) in [6.45, 7) is 1.48. The lowest BCUT2D eigenvalue weighted by Crippen LogP contribution is -2.06. The first-order valence-electron chi connectivity index (χ1n) is 5.15. The van der Waals surface area contributed by atoms with Gasteiger partial charge in [0.2, 0.25) is 0 Å². The molecule has 0 aliphatic carbocycles. The maximum atomic E-state index is 5.94. The molecule has 0 saturated carbocycles. The fraction of sp³-hybridized carbons (Fsp3) is 0.273. The average Bonchev–Trinajstić information content (AvgIpc) is 2.74. The monoisotopic (exact) mass is 236 g/mol. The molecule has 0 amide bonds. The number of rotatable bonds is 4. The van der Waals surface area contributed by atoms with E-state index in [1.807, 2.05) is 28.8 Å². The van der Waals surface area contributed by atoms with Gasteiger partial charge in [0.1, 0.15) is 6.33 Å². The normalized spacial score (nSPS) is 10.6. The zero-order chi connectivity index (χ0) is 11.4. The summed E-state index contributed by atoms with van der Waals surface area (Å²) in [6, 6.07) is 7.59. The van der Waals surface area contributed by atoms with Crippen LogP contribution in [0.25, 0.3) is 11.4 Å². The van der Waals surface area contributed by atoms with Gasteiger partial charge in [0.15, 0.2) is 5.82 Å². The van der Waals surface area contributed by atoms with Crippen molar-refractivity contribution in [3.8, 4) is 11.4 Å². The SMILES string of the molecule is NCCCn1cnnc1-c1cccc(Cl)c1. The van der Waals surface area contributed by atoms with Gasteiger partial charge in [-0.2, -0.15) is 0 Å². The number of aromatic nitrogens is 3. The van der Waals surface area contributed by atoms with Gasteiger partial charge in [-0.25, -0.2) is 0 Å². The van der Waals surface area contributed by atoms with Crippen LogP contribution in [0.3, 0.4) is 0 Å². The third-order valence-electron chi connectivity index (χ3n) is 2.30. The van der Waals surface area contributed by atoms with Gasteiger partial charge in [0, 0.05) is 17.1 Å². The highest BCUT2D eigenvalue weighted by Crippen LogP contribution is 2.20. The molecule has 0 spiro atoms. The summed E-state index contributed by atoms with van der Waals surface area (Å²) in [5, 5.41) is 8.70. The maximum absolute atomic E-state index is 5.94. The van der Waals surface area contributed by atoms with Crippen LogP contribution < -0.4 is 5.73 Å². The van der Waals surface area contributed by atoms with E-state index < -0.39 is 0 Å². The van der Waals surface area contributed by atoms with E-state index in [1.165, 1.54) is 0 Å². The topological polar surface area (TPSA) is 56.7 Å². The van der Waals surface area contributed by atoms with Crippen molar-refractivity contribution in [2.24, 2.45) is 5.73 Å². The Balaban J connectivity index is 2.29. The van der Waals surface area contributed by atoms with Crippen LogP contribution in [-0.4, -0.2) is 21.3 Å². The fourth-order valence-corrected chi connectivity index (χ4v) is 1.72. The number of nitrogens with two attached hydrogens (primary N) is 1. The Labute approximate surface area is 99.1 Å². The Kier molecular flexibility index (Phi) is 3.54. The lowest BCUT2D eigenvalue weighted by atomic mass is 10.2. The first kappa shape index (κ1) is 11.1. The number of hydrogen-bond donors (Lipinski definition) is 1. The predicted molar refractivity (Wildman–Crippen MR) is 64.1 cm³/mol. The van der Waals surface area contributed by atoms with E-state index in [0.717, 1.165) is 24.4 Å².